The van der Waals surface area contributed by atoms with Crippen LogP contribution >= 0.6 is 22.9 Å². The molecule has 1 aromatic carbocycles. The third-order valence-corrected chi connectivity index (χ3v) is 4.44. The molecule has 1 aromatic heterocycles. The van der Waals surface area contributed by atoms with E-state index in [1.54, 1.807) is 33.1 Å². The lowest BCUT2D eigenvalue weighted by atomic mass is 10.0. The Balaban J connectivity index is 2.15. The highest BCUT2D eigenvalue weighted by Crippen LogP contribution is 2.31. The Labute approximate surface area is 138 Å². The number of hydrogen-bond donors (Lipinski definition) is 2. The van der Waals surface area contributed by atoms with Gasteiger partial charge in [0.15, 0.2) is 5.13 Å². The minimum Gasteiger partial charge on any atom is -0.495 e. The standard InChI is InChI=1S/C15H18ClN3O2S/c1-8(9(2)17)14(20)19-15-18-12(7-22-15)10-4-5-13(21-3)11(16)6-10/h4-9H,17H2,1-3H3,(H,18,19,20). The lowest BCUT2D eigenvalue weighted by molar-refractivity contribution is -0.119. The van der Waals surface area contributed by atoms with Crippen molar-refractivity contribution in [2.75, 3.05) is 12.4 Å². The Morgan fingerprint density at radius 1 is 1.45 bits per heavy atom. The second-order valence-corrected chi connectivity index (χ2v) is 6.29. The minimum atomic E-state index is -0.275. The monoisotopic (exact) mass is 339 g/mol. The van der Waals surface area contributed by atoms with E-state index in [1.807, 2.05) is 11.4 Å². The molecule has 1 amide bonds. The molecule has 7 heteroatoms. The molecule has 0 aliphatic heterocycles. The van der Waals surface area contributed by atoms with Gasteiger partial charge < -0.3 is 15.8 Å². The molecule has 0 aliphatic rings. The van der Waals surface area contributed by atoms with E-state index in [-0.39, 0.29) is 17.9 Å². The van der Waals surface area contributed by atoms with Crippen molar-refractivity contribution in [3.63, 3.8) is 0 Å². The maximum absolute atomic E-state index is 12.0. The Bertz CT molecular complexity index is 673. The molecule has 0 saturated heterocycles. The molecule has 2 atom stereocenters. The molecule has 1 heterocycles. The van der Waals surface area contributed by atoms with E-state index in [1.165, 1.54) is 11.3 Å². The van der Waals surface area contributed by atoms with Crippen LogP contribution in [0.5, 0.6) is 5.75 Å². The van der Waals surface area contributed by atoms with E-state index in [0.717, 1.165) is 11.3 Å². The fourth-order valence-corrected chi connectivity index (χ4v) is 2.73. The number of nitrogens with one attached hydrogen (secondary N) is 1. The number of hydrogen-bond acceptors (Lipinski definition) is 5. The average molecular weight is 340 g/mol. The number of methoxy groups -OCH3 is 1. The molecule has 22 heavy (non-hydrogen) atoms. The molecule has 0 radical (unpaired) electrons. The van der Waals surface area contributed by atoms with Crippen LogP contribution in [0.1, 0.15) is 13.8 Å². The number of halogens is 1. The average Bonchev–Trinajstić information content (AvgIpc) is 2.94. The van der Waals surface area contributed by atoms with Crippen LogP contribution in [0.25, 0.3) is 11.3 Å². The van der Waals surface area contributed by atoms with E-state index < -0.39 is 0 Å². The van der Waals surface area contributed by atoms with Gasteiger partial charge in [0.1, 0.15) is 5.75 Å². The normalized spacial score (nSPS) is 13.5. The number of carbonyl (C=O) groups is 1. The van der Waals surface area contributed by atoms with Gasteiger partial charge in [0, 0.05) is 17.0 Å². The molecule has 2 unspecified atom stereocenters. The molecule has 2 aromatic rings. The number of carbonyl (C=O) groups excluding carboxylic acids is 1. The predicted molar refractivity (Wildman–Crippen MR) is 90.6 cm³/mol. The smallest absolute Gasteiger partial charge is 0.230 e. The number of anilines is 1. The molecular formula is C15H18ClN3O2S. The van der Waals surface area contributed by atoms with Gasteiger partial charge in [-0.05, 0) is 25.1 Å². The van der Waals surface area contributed by atoms with Crippen molar-refractivity contribution < 1.29 is 9.53 Å². The molecule has 5 nitrogen and oxygen atoms in total. The zero-order chi connectivity index (χ0) is 16.3. The lowest BCUT2D eigenvalue weighted by Crippen LogP contribution is -2.34. The summed E-state index contributed by atoms with van der Waals surface area (Å²) >= 11 is 7.47. The van der Waals surface area contributed by atoms with Crippen LogP contribution in [0.2, 0.25) is 5.02 Å². The van der Waals surface area contributed by atoms with Gasteiger partial charge in [0.25, 0.3) is 0 Å². The van der Waals surface area contributed by atoms with Crippen LogP contribution in [0.3, 0.4) is 0 Å². The van der Waals surface area contributed by atoms with Gasteiger partial charge >= 0.3 is 0 Å². The topological polar surface area (TPSA) is 77.2 Å². The summed E-state index contributed by atoms with van der Waals surface area (Å²) in [6.07, 6.45) is 0. The third kappa shape index (κ3) is 3.76. The summed E-state index contributed by atoms with van der Waals surface area (Å²) in [6.45, 7) is 3.59. The van der Waals surface area contributed by atoms with Crippen molar-refractivity contribution in [3.05, 3.63) is 28.6 Å². The maximum atomic E-state index is 12.0. The van der Waals surface area contributed by atoms with Gasteiger partial charge in [-0.1, -0.05) is 18.5 Å². The number of amides is 1. The Kier molecular flexibility index (Phi) is 5.39. The maximum Gasteiger partial charge on any atom is 0.230 e. The number of benzene rings is 1. The van der Waals surface area contributed by atoms with Crippen molar-refractivity contribution in [3.8, 4) is 17.0 Å². The van der Waals surface area contributed by atoms with E-state index in [4.69, 9.17) is 22.1 Å². The summed E-state index contributed by atoms with van der Waals surface area (Å²) in [5.41, 5.74) is 7.34. The highest BCUT2D eigenvalue weighted by Gasteiger charge is 2.18. The zero-order valence-corrected chi connectivity index (χ0v) is 14.2. The first-order chi connectivity index (χ1) is 10.4. The molecular weight excluding hydrogens is 322 g/mol. The van der Waals surface area contributed by atoms with Gasteiger partial charge in [-0.25, -0.2) is 4.98 Å². The number of nitrogens with two attached hydrogens (primary N) is 1. The van der Waals surface area contributed by atoms with E-state index in [0.29, 0.717) is 15.9 Å². The van der Waals surface area contributed by atoms with Gasteiger partial charge in [-0.3, -0.25) is 4.79 Å². The minimum absolute atomic E-state index is 0.135. The molecule has 0 saturated carbocycles. The summed E-state index contributed by atoms with van der Waals surface area (Å²) in [5.74, 6) is 0.200. The molecule has 0 aliphatic carbocycles. The van der Waals surface area contributed by atoms with Crippen LogP contribution < -0.4 is 15.8 Å². The highest BCUT2D eigenvalue weighted by molar-refractivity contribution is 7.14. The summed E-state index contributed by atoms with van der Waals surface area (Å²) in [7, 11) is 1.57. The molecule has 0 fully saturated rings. The fraction of sp³-hybridized carbons (Fsp3) is 0.333. The SMILES string of the molecule is COc1ccc(-c2csc(NC(=O)C(C)C(C)N)n2)cc1Cl. The number of thiazole rings is 1. The largest absolute Gasteiger partial charge is 0.495 e. The summed E-state index contributed by atoms with van der Waals surface area (Å²) in [4.78, 5) is 16.4. The number of ether oxygens (including phenoxy) is 1. The first kappa shape index (κ1) is 16.7. The van der Waals surface area contributed by atoms with Gasteiger partial charge in [0.2, 0.25) is 5.91 Å². The van der Waals surface area contributed by atoms with Crippen molar-refractivity contribution >= 4 is 34.0 Å². The summed E-state index contributed by atoms with van der Waals surface area (Å²) < 4.78 is 5.12. The summed E-state index contributed by atoms with van der Waals surface area (Å²) in [6, 6.07) is 5.23. The lowest BCUT2D eigenvalue weighted by Gasteiger charge is -2.13. The Hall–Kier alpha value is -1.63. The Morgan fingerprint density at radius 2 is 2.18 bits per heavy atom. The Morgan fingerprint density at radius 3 is 2.77 bits per heavy atom. The van der Waals surface area contributed by atoms with Gasteiger partial charge in [-0.15, -0.1) is 11.3 Å². The summed E-state index contributed by atoms with van der Waals surface area (Å²) in [5, 5.41) is 5.71. The van der Waals surface area contributed by atoms with Gasteiger partial charge in [0.05, 0.1) is 23.7 Å². The number of aromatic nitrogens is 1. The van der Waals surface area contributed by atoms with Crippen LogP contribution in [0.4, 0.5) is 5.13 Å². The van der Waals surface area contributed by atoms with E-state index >= 15 is 0 Å². The molecule has 118 valence electrons. The van der Waals surface area contributed by atoms with Crippen molar-refractivity contribution in [1.82, 2.24) is 4.98 Å². The molecule has 3 N–H and O–H groups in total. The van der Waals surface area contributed by atoms with Crippen LogP contribution in [-0.2, 0) is 4.79 Å². The first-order valence-electron chi connectivity index (χ1n) is 6.78. The quantitative estimate of drug-likeness (QED) is 0.875. The predicted octanol–water partition coefficient (Wildman–Crippen LogP) is 3.39. The van der Waals surface area contributed by atoms with E-state index in [2.05, 4.69) is 10.3 Å². The van der Waals surface area contributed by atoms with Gasteiger partial charge in [-0.2, -0.15) is 0 Å². The zero-order valence-electron chi connectivity index (χ0n) is 12.6. The first-order valence-corrected chi connectivity index (χ1v) is 8.04. The van der Waals surface area contributed by atoms with Crippen molar-refractivity contribution in [2.45, 2.75) is 19.9 Å². The fourth-order valence-electron chi connectivity index (χ4n) is 1.75. The van der Waals surface area contributed by atoms with E-state index in [9.17, 15) is 4.79 Å². The molecule has 2 rings (SSSR count). The van der Waals surface area contributed by atoms with Crippen LogP contribution in [0.15, 0.2) is 23.6 Å². The number of rotatable bonds is 5. The molecule has 0 spiro atoms. The molecule has 0 bridgehead atoms. The highest BCUT2D eigenvalue weighted by atomic mass is 35.5. The number of nitrogens with zero attached hydrogens (tertiary/aromatic N) is 1. The van der Waals surface area contributed by atoms with Crippen LogP contribution in [0, 0.1) is 5.92 Å². The van der Waals surface area contributed by atoms with Crippen molar-refractivity contribution in [2.24, 2.45) is 11.7 Å². The second kappa shape index (κ2) is 7.09. The van der Waals surface area contributed by atoms with Crippen molar-refractivity contribution in [1.29, 1.82) is 0 Å². The second-order valence-electron chi connectivity index (χ2n) is 5.02. The van der Waals surface area contributed by atoms with Crippen LogP contribution in [-0.4, -0.2) is 24.0 Å². The third-order valence-electron chi connectivity index (χ3n) is 3.38.